The van der Waals surface area contributed by atoms with Crippen LogP contribution in [0.2, 0.25) is 0 Å². The molecule has 2 fully saturated rings. The zero-order chi connectivity index (χ0) is 19.1. The quantitative estimate of drug-likeness (QED) is 0.888. The Hall–Kier alpha value is -2.96. The molecule has 7 heteroatoms. The molecule has 4 rings (SSSR count). The van der Waals surface area contributed by atoms with Crippen molar-refractivity contribution >= 4 is 11.9 Å². The Kier molecular flexibility index (Phi) is 4.30. The first-order valence-corrected chi connectivity index (χ1v) is 9.14. The molecule has 2 aromatic rings. The van der Waals surface area contributed by atoms with Crippen molar-refractivity contribution in [2.45, 2.75) is 19.8 Å². The molecule has 0 unspecified atom stereocenters. The third kappa shape index (κ3) is 3.25. The molecule has 2 aliphatic rings. The van der Waals surface area contributed by atoms with Crippen LogP contribution >= 0.6 is 0 Å². The largest absolute Gasteiger partial charge is 0.481 e. The lowest BCUT2D eigenvalue weighted by Gasteiger charge is -2.17. The van der Waals surface area contributed by atoms with Crippen molar-refractivity contribution in [1.82, 2.24) is 14.7 Å². The molecule has 1 saturated carbocycles. The summed E-state index contributed by atoms with van der Waals surface area (Å²) in [5.74, 6) is -1.59. The first kappa shape index (κ1) is 17.5. The lowest BCUT2D eigenvalue weighted by Crippen LogP contribution is -2.35. The summed E-state index contributed by atoms with van der Waals surface area (Å²) in [7, 11) is 0. The summed E-state index contributed by atoms with van der Waals surface area (Å²) >= 11 is 0. The third-order valence-corrected chi connectivity index (χ3v) is 5.51. The fraction of sp³-hybridized carbons (Fsp3) is 0.400. The molecule has 1 amide bonds. The van der Waals surface area contributed by atoms with E-state index in [1.54, 1.807) is 11.6 Å². The summed E-state index contributed by atoms with van der Waals surface area (Å²) in [6, 6.07) is 10.7. The molecule has 7 nitrogen and oxygen atoms in total. The number of aromatic nitrogens is 2. The van der Waals surface area contributed by atoms with Gasteiger partial charge in [-0.3, -0.25) is 14.4 Å². The number of carboxylic acid groups (broad SMARTS) is 1. The molecule has 1 aliphatic carbocycles. The van der Waals surface area contributed by atoms with E-state index in [2.05, 4.69) is 5.10 Å². The molecule has 1 N–H and O–H groups in total. The summed E-state index contributed by atoms with van der Waals surface area (Å²) in [6.07, 6.45) is 2.03. The van der Waals surface area contributed by atoms with Gasteiger partial charge in [-0.1, -0.05) is 18.2 Å². The smallest absolute Gasteiger partial charge is 0.308 e. The van der Waals surface area contributed by atoms with Gasteiger partial charge in [0, 0.05) is 24.8 Å². The third-order valence-electron chi connectivity index (χ3n) is 5.51. The van der Waals surface area contributed by atoms with Crippen LogP contribution in [0.4, 0.5) is 0 Å². The number of aliphatic carboxylic acids is 1. The molecule has 1 saturated heterocycles. The van der Waals surface area contributed by atoms with E-state index in [1.807, 2.05) is 30.3 Å². The van der Waals surface area contributed by atoms with Crippen molar-refractivity contribution in [1.29, 1.82) is 0 Å². The van der Waals surface area contributed by atoms with Crippen molar-refractivity contribution in [2.75, 3.05) is 13.1 Å². The van der Waals surface area contributed by atoms with Gasteiger partial charge >= 0.3 is 5.97 Å². The average molecular weight is 367 g/mol. The van der Waals surface area contributed by atoms with Crippen molar-refractivity contribution < 1.29 is 14.7 Å². The van der Waals surface area contributed by atoms with Crippen LogP contribution in [0.3, 0.4) is 0 Å². The number of hydrogen-bond donors (Lipinski definition) is 1. The molecule has 1 aromatic carbocycles. The number of aryl methyl sites for hydroxylation is 1. The van der Waals surface area contributed by atoms with Gasteiger partial charge in [0.05, 0.1) is 11.6 Å². The second kappa shape index (κ2) is 6.64. The highest BCUT2D eigenvalue weighted by Gasteiger charge is 2.47. The number of benzene rings is 1. The van der Waals surface area contributed by atoms with Crippen LogP contribution in [0.15, 0.2) is 41.2 Å². The zero-order valence-electron chi connectivity index (χ0n) is 15.0. The van der Waals surface area contributed by atoms with Crippen molar-refractivity contribution in [3.8, 4) is 5.69 Å². The van der Waals surface area contributed by atoms with Crippen LogP contribution in [0.1, 0.15) is 29.0 Å². The Balaban J connectivity index is 1.66. The molecule has 2 atom stereocenters. The summed E-state index contributed by atoms with van der Waals surface area (Å²) in [5.41, 5.74) is 0.782. The van der Waals surface area contributed by atoms with Crippen LogP contribution in [-0.4, -0.2) is 44.8 Å². The van der Waals surface area contributed by atoms with E-state index >= 15 is 0 Å². The molecule has 2 heterocycles. The molecule has 140 valence electrons. The molecule has 1 aromatic heterocycles. The van der Waals surface area contributed by atoms with Gasteiger partial charge in [0.2, 0.25) is 5.43 Å². The number of likely N-dealkylation sites (tertiary alicyclic amines) is 1. The first-order chi connectivity index (χ1) is 13.0. The monoisotopic (exact) mass is 367 g/mol. The number of hydrogen-bond acceptors (Lipinski definition) is 4. The minimum absolute atomic E-state index is 0.0340. The molecule has 27 heavy (non-hydrogen) atoms. The van der Waals surface area contributed by atoms with Crippen molar-refractivity contribution in [3.05, 3.63) is 58.0 Å². The molecule has 0 spiro atoms. The minimum atomic E-state index is -0.874. The van der Waals surface area contributed by atoms with E-state index < -0.39 is 23.2 Å². The Morgan fingerprint density at radius 1 is 1.15 bits per heavy atom. The summed E-state index contributed by atoms with van der Waals surface area (Å²) in [4.78, 5) is 38.5. The standard InChI is InChI=1S/C20H21N3O4/c1-12-9-17(24)18(21-23(12)14-5-3-2-4-6-14)19(25)22-10-15(13-7-8-13)16(11-22)20(26)27/h2-6,9,13,15-16H,7-8,10-11H2,1H3,(H,26,27)/t15-,16+/m1/s1. The normalized spacial score (nSPS) is 22.0. The van der Waals surface area contributed by atoms with Gasteiger partial charge < -0.3 is 10.0 Å². The minimum Gasteiger partial charge on any atom is -0.481 e. The van der Waals surface area contributed by atoms with Gasteiger partial charge in [-0.25, -0.2) is 4.68 Å². The maximum absolute atomic E-state index is 13.0. The molecular formula is C20H21N3O4. The summed E-state index contributed by atoms with van der Waals surface area (Å²) < 4.78 is 1.57. The first-order valence-electron chi connectivity index (χ1n) is 9.14. The van der Waals surface area contributed by atoms with Crippen LogP contribution < -0.4 is 5.43 Å². The summed E-state index contributed by atoms with van der Waals surface area (Å²) in [6.45, 7) is 2.27. The van der Waals surface area contributed by atoms with Crippen molar-refractivity contribution in [3.63, 3.8) is 0 Å². The van der Waals surface area contributed by atoms with Gasteiger partial charge in [0.15, 0.2) is 5.69 Å². The average Bonchev–Trinajstić information content (AvgIpc) is 3.40. The molecule has 0 radical (unpaired) electrons. The Morgan fingerprint density at radius 2 is 1.85 bits per heavy atom. The second-order valence-corrected chi connectivity index (χ2v) is 7.40. The SMILES string of the molecule is Cc1cc(=O)c(C(=O)N2C[C@H](C(=O)O)[C@@H](C3CC3)C2)nn1-c1ccccc1. The van der Waals surface area contributed by atoms with E-state index in [1.165, 1.54) is 11.0 Å². The predicted octanol–water partition coefficient (Wildman–Crippen LogP) is 1.72. The fourth-order valence-corrected chi connectivity index (χ4v) is 3.93. The van der Waals surface area contributed by atoms with Crippen LogP contribution in [-0.2, 0) is 4.79 Å². The van der Waals surface area contributed by atoms with Gasteiger partial charge in [-0.15, -0.1) is 0 Å². The van der Waals surface area contributed by atoms with Crippen LogP contribution in [0.5, 0.6) is 0 Å². The van der Waals surface area contributed by atoms with Crippen molar-refractivity contribution in [2.24, 2.45) is 17.8 Å². The number of carbonyl (C=O) groups excluding carboxylic acids is 1. The van der Waals surface area contributed by atoms with E-state index in [-0.39, 0.29) is 18.2 Å². The highest BCUT2D eigenvalue weighted by Crippen LogP contribution is 2.44. The van der Waals surface area contributed by atoms with Gasteiger partial charge in [-0.2, -0.15) is 5.10 Å². The number of carbonyl (C=O) groups is 2. The van der Waals surface area contributed by atoms with E-state index in [9.17, 15) is 19.5 Å². The highest BCUT2D eigenvalue weighted by atomic mass is 16.4. The Labute approximate surface area is 156 Å². The van der Waals surface area contributed by atoms with Crippen LogP contribution in [0, 0.1) is 24.7 Å². The number of amides is 1. The molecule has 1 aliphatic heterocycles. The van der Waals surface area contributed by atoms with Crippen LogP contribution in [0.25, 0.3) is 5.69 Å². The fourth-order valence-electron chi connectivity index (χ4n) is 3.93. The van der Waals surface area contributed by atoms with Gasteiger partial charge in [-0.05, 0) is 43.7 Å². The summed E-state index contributed by atoms with van der Waals surface area (Å²) in [5, 5.41) is 13.8. The number of nitrogens with zero attached hydrogens (tertiary/aromatic N) is 3. The van der Waals surface area contributed by atoms with E-state index in [4.69, 9.17) is 0 Å². The maximum Gasteiger partial charge on any atom is 0.308 e. The van der Waals surface area contributed by atoms with Gasteiger partial charge in [0.1, 0.15) is 0 Å². The maximum atomic E-state index is 13.0. The number of carboxylic acids is 1. The Morgan fingerprint density at radius 3 is 2.48 bits per heavy atom. The van der Waals surface area contributed by atoms with Gasteiger partial charge in [0.25, 0.3) is 5.91 Å². The van der Waals surface area contributed by atoms with E-state index in [0.717, 1.165) is 18.5 Å². The topological polar surface area (TPSA) is 92.5 Å². The van der Waals surface area contributed by atoms with E-state index in [0.29, 0.717) is 18.2 Å². The zero-order valence-corrected chi connectivity index (χ0v) is 15.0. The number of para-hydroxylation sites is 1. The Bertz CT molecular complexity index is 949. The second-order valence-electron chi connectivity index (χ2n) is 7.40. The predicted molar refractivity (Wildman–Crippen MR) is 97.8 cm³/mol. The number of rotatable bonds is 4. The molecule has 0 bridgehead atoms. The lowest BCUT2D eigenvalue weighted by atomic mass is 9.92. The lowest BCUT2D eigenvalue weighted by molar-refractivity contribution is -0.142. The highest BCUT2D eigenvalue weighted by molar-refractivity contribution is 5.93. The molecular weight excluding hydrogens is 346 g/mol.